The lowest BCUT2D eigenvalue weighted by atomic mass is 10.2. The van der Waals surface area contributed by atoms with Gasteiger partial charge in [-0.25, -0.2) is 9.37 Å². The standard InChI is InChI=1S/C16H9BrClFN2OS/c17-10-3-1-9(2-4-10)14-8-23-16(20-14)21-15(22)12-6-5-11(19)7-13(12)18/h1-8H,(H,20,21,22). The molecule has 1 aromatic heterocycles. The zero-order valence-corrected chi connectivity index (χ0v) is 14.7. The van der Waals surface area contributed by atoms with Crippen molar-refractivity contribution in [1.29, 1.82) is 0 Å². The van der Waals surface area contributed by atoms with Crippen molar-refractivity contribution >= 4 is 49.9 Å². The van der Waals surface area contributed by atoms with Crippen LogP contribution in [0.25, 0.3) is 11.3 Å². The summed E-state index contributed by atoms with van der Waals surface area (Å²) >= 11 is 10.6. The van der Waals surface area contributed by atoms with Crippen LogP contribution in [0.4, 0.5) is 9.52 Å². The summed E-state index contributed by atoms with van der Waals surface area (Å²) in [7, 11) is 0. The van der Waals surface area contributed by atoms with Crippen molar-refractivity contribution in [3.63, 3.8) is 0 Å². The van der Waals surface area contributed by atoms with Gasteiger partial charge in [-0.05, 0) is 30.3 Å². The van der Waals surface area contributed by atoms with Gasteiger partial charge in [0.2, 0.25) is 0 Å². The number of thiazole rings is 1. The maximum atomic E-state index is 13.0. The second-order valence-electron chi connectivity index (χ2n) is 4.62. The van der Waals surface area contributed by atoms with Crippen molar-refractivity contribution in [2.75, 3.05) is 5.32 Å². The Labute approximate surface area is 149 Å². The highest BCUT2D eigenvalue weighted by molar-refractivity contribution is 9.10. The van der Waals surface area contributed by atoms with Gasteiger partial charge in [0, 0.05) is 15.4 Å². The predicted octanol–water partition coefficient (Wildman–Crippen LogP) is 5.62. The number of carbonyl (C=O) groups excluding carboxylic acids is 1. The molecule has 0 spiro atoms. The van der Waals surface area contributed by atoms with E-state index in [2.05, 4.69) is 26.2 Å². The summed E-state index contributed by atoms with van der Waals surface area (Å²) < 4.78 is 14.0. The van der Waals surface area contributed by atoms with Gasteiger partial charge < -0.3 is 0 Å². The van der Waals surface area contributed by atoms with Gasteiger partial charge in [0.15, 0.2) is 5.13 Å². The Balaban J connectivity index is 1.78. The fourth-order valence-corrected chi connectivity index (χ4v) is 3.15. The third-order valence-electron chi connectivity index (χ3n) is 3.04. The maximum absolute atomic E-state index is 13.0. The summed E-state index contributed by atoms with van der Waals surface area (Å²) in [5.41, 5.74) is 1.92. The smallest absolute Gasteiger partial charge is 0.258 e. The fraction of sp³-hybridized carbons (Fsp3) is 0. The van der Waals surface area contributed by atoms with Crippen molar-refractivity contribution in [3.05, 3.63) is 68.7 Å². The number of aromatic nitrogens is 1. The van der Waals surface area contributed by atoms with Gasteiger partial charge in [0.05, 0.1) is 16.3 Å². The number of halogens is 3. The first-order valence-corrected chi connectivity index (χ1v) is 8.56. The first-order valence-electron chi connectivity index (χ1n) is 6.51. The molecule has 0 fully saturated rings. The highest BCUT2D eigenvalue weighted by Crippen LogP contribution is 2.27. The van der Waals surface area contributed by atoms with Crippen LogP contribution in [0.2, 0.25) is 5.02 Å². The molecule has 3 aromatic rings. The van der Waals surface area contributed by atoms with E-state index in [4.69, 9.17) is 11.6 Å². The molecule has 0 radical (unpaired) electrons. The molecule has 1 heterocycles. The molecule has 0 atom stereocenters. The van der Waals surface area contributed by atoms with Crippen LogP contribution in [-0.4, -0.2) is 10.9 Å². The van der Waals surface area contributed by atoms with Gasteiger partial charge in [-0.3, -0.25) is 10.1 Å². The van der Waals surface area contributed by atoms with Crippen molar-refractivity contribution < 1.29 is 9.18 Å². The fourth-order valence-electron chi connectivity index (χ4n) is 1.92. The van der Waals surface area contributed by atoms with E-state index in [1.807, 2.05) is 29.6 Å². The molecule has 2 aromatic carbocycles. The third kappa shape index (κ3) is 3.77. The third-order valence-corrected chi connectivity index (χ3v) is 4.64. The zero-order valence-electron chi connectivity index (χ0n) is 11.5. The lowest BCUT2D eigenvalue weighted by Gasteiger charge is -2.04. The summed E-state index contributed by atoms with van der Waals surface area (Å²) in [5, 5.41) is 5.04. The molecule has 7 heteroatoms. The number of anilines is 1. The summed E-state index contributed by atoms with van der Waals surface area (Å²) in [5.74, 6) is -0.912. The van der Waals surface area contributed by atoms with Gasteiger partial charge in [-0.1, -0.05) is 39.7 Å². The van der Waals surface area contributed by atoms with E-state index >= 15 is 0 Å². The first-order chi connectivity index (χ1) is 11.0. The first kappa shape index (κ1) is 16.1. The number of carbonyl (C=O) groups is 1. The van der Waals surface area contributed by atoms with E-state index in [-0.39, 0.29) is 10.6 Å². The van der Waals surface area contributed by atoms with Crippen LogP contribution >= 0.6 is 38.9 Å². The van der Waals surface area contributed by atoms with E-state index in [0.29, 0.717) is 5.13 Å². The SMILES string of the molecule is O=C(Nc1nc(-c2ccc(Br)cc2)cs1)c1ccc(F)cc1Cl. The van der Waals surface area contributed by atoms with Gasteiger partial charge in [-0.2, -0.15) is 0 Å². The Morgan fingerprint density at radius 2 is 1.96 bits per heavy atom. The van der Waals surface area contributed by atoms with Crippen LogP contribution < -0.4 is 5.32 Å². The molecular weight excluding hydrogens is 403 g/mol. The molecule has 0 saturated carbocycles. The molecular formula is C16H9BrClFN2OS. The van der Waals surface area contributed by atoms with Crippen molar-refractivity contribution in [3.8, 4) is 11.3 Å². The second-order valence-corrected chi connectivity index (χ2v) is 6.80. The van der Waals surface area contributed by atoms with Crippen molar-refractivity contribution in [1.82, 2.24) is 4.98 Å². The molecule has 0 aliphatic carbocycles. The Kier molecular flexibility index (Phi) is 4.75. The number of rotatable bonds is 3. The summed E-state index contributed by atoms with van der Waals surface area (Å²) in [6.45, 7) is 0. The van der Waals surface area contributed by atoms with E-state index in [1.54, 1.807) is 0 Å². The average molecular weight is 412 g/mol. The highest BCUT2D eigenvalue weighted by Gasteiger charge is 2.13. The maximum Gasteiger partial charge on any atom is 0.258 e. The summed E-state index contributed by atoms with van der Waals surface area (Å²) in [6.07, 6.45) is 0. The monoisotopic (exact) mass is 410 g/mol. The largest absolute Gasteiger partial charge is 0.298 e. The molecule has 1 N–H and O–H groups in total. The van der Waals surface area contributed by atoms with Gasteiger partial charge >= 0.3 is 0 Å². The quantitative estimate of drug-likeness (QED) is 0.608. The van der Waals surface area contributed by atoms with Crippen molar-refractivity contribution in [2.45, 2.75) is 0 Å². The minimum absolute atomic E-state index is 0.0622. The molecule has 1 amide bonds. The lowest BCUT2D eigenvalue weighted by Crippen LogP contribution is -2.12. The molecule has 0 aliphatic rings. The van der Waals surface area contributed by atoms with E-state index in [9.17, 15) is 9.18 Å². The Morgan fingerprint density at radius 3 is 2.65 bits per heavy atom. The Hall–Kier alpha value is -1.76. The second kappa shape index (κ2) is 6.78. The number of benzene rings is 2. The molecule has 0 aliphatic heterocycles. The molecule has 3 rings (SSSR count). The topological polar surface area (TPSA) is 42.0 Å². The zero-order chi connectivity index (χ0) is 16.4. The summed E-state index contributed by atoms with van der Waals surface area (Å²) in [6, 6.07) is 11.3. The average Bonchev–Trinajstić information content (AvgIpc) is 2.96. The minimum atomic E-state index is -0.488. The van der Waals surface area contributed by atoms with Crippen LogP contribution in [0.1, 0.15) is 10.4 Å². The molecule has 3 nitrogen and oxygen atoms in total. The Morgan fingerprint density at radius 1 is 1.22 bits per heavy atom. The normalized spacial score (nSPS) is 10.6. The highest BCUT2D eigenvalue weighted by atomic mass is 79.9. The van der Waals surface area contributed by atoms with Crippen LogP contribution in [0.3, 0.4) is 0 Å². The number of amides is 1. The number of nitrogens with one attached hydrogen (secondary N) is 1. The number of nitrogens with zero attached hydrogens (tertiary/aromatic N) is 1. The molecule has 0 unspecified atom stereocenters. The lowest BCUT2D eigenvalue weighted by molar-refractivity contribution is 0.102. The van der Waals surface area contributed by atoms with Crippen LogP contribution in [-0.2, 0) is 0 Å². The number of hydrogen-bond acceptors (Lipinski definition) is 3. The van der Waals surface area contributed by atoms with E-state index in [1.165, 1.54) is 23.5 Å². The molecule has 116 valence electrons. The molecule has 0 saturated heterocycles. The minimum Gasteiger partial charge on any atom is -0.298 e. The van der Waals surface area contributed by atoms with Crippen LogP contribution in [0, 0.1) is 5.82 Å². The molecule has 0 bridgehead atoms. The predicted molar refractivity (Wildman–Crippen MR) is 94.6 cm³/mol. The summed E-state index contributed by atoms with van der Waals surface area (Å²) in [4.78, 5) is 16.6. The van der Waals surface area contributed by atoms with E-state index in [0.717, 1.165) is 21.8 Å². The van der Waals surface area contributed by atoms with E-state index < -0.39 is 11.7 Å². The Bertz CT molecular complexity index is 867. The van der Waals surface area contributed by atoms with Crippen molar-refractivity contribution in [2.24, 2.45) is 0 Å². The van der Waals surface area contributed by atoms with Gasteiger partial charge in [0.1, 0.15) is 5.82 Å². The molecule has 23 heavy (non-hydrogen) atoms. The van der Waals surface area contributed by atoms with Crippen LogP contribution in [0.5, 0.6) is 0 Å². The number of hydrogen-bond donors (Lipinski definition) is 1. The van der Waals surface area contributed by atoms with Gasteiger partial charge in [0.25, 0.3) is 5.91 Å². The van der Waals surface area contributed by atoms with Gasteiger partial charge in [-0.15, -0.1) is 11.3 Å². The van der Waals surface area contributed by atoms with Crippen LogP contribution in [0.15, 0.2) is 52.3 Å².